The summed E-state index contributed by atoms with van der Waals surface area (Å²) in [6.07, 6.45) is 4.69. The van der Waals surface area contributed by atoms with E-state index in [1.165, 1.54) is 12.8 Å². The van der Waals surface area contributed by atoms with Crippen molar-refractivity contribution in [3.8, 4) is 0 Å². The molecule has 1 aromatic heterocycles. The van der Waals surface area contributed by atoms with Crippen molar-refractivity contribution >= 4 is 22.4 Å². The van der Waals surface area contributed by atoms with Crippen LogP contribution in [0.25, 0.3) is 0 Å². The molecule has 5 nitrogen and oxygen atoms in total. The summed E-state index contributed by atoms with van der Waals surface area (Å²) in [4.78, 5) is 15.8. The van der Waals surface area contributed by atoms with Crippen molar-refractivity contribution in [3.63, 3.8) is 0 Å². The maximum absolute atomic E-state index is 11.3. The maximum atomic E-state index is 11.3. The fourth-order valence-electron chi connectivity index (χ4n) is 2.24. The van der Waals surface area contributed by atoms with Gasteiger partial charge in [-0.05, 0) is 31.6 Å². The Balaban J connectivity index is 1.72. The topological polar surface area (TPSA) is 60.5 Å². The molecule has 0 atom stereocenters. The van der Waals surface area contributed by atoms with Gasteiger partial charge in [0.1, 0.15) is 0 Å². The first kappa shape index (κ1) is 16.2. The summed E-state index contributed by atoms with van der Waals surface area (Å²) in [7, 11) is 1.75. The number of methoxy groups -OCH3 is 1. The lowest BCUT2D eigenvalue weighted by atomic mass is 10.0. The summed E-state index contributed by atoms with van der Waals surface area (Å²) >= 11 is 1.60. The Kier molecular flexibility index (Phi) is 5.99. The molecule has 1 N–H and O–H groups in total. The van der Waals surface area contributed by atoms with E-state index in [2.05, 4.69) is 10.3 Å². The molecule has 2 rings (SSSR count). The van der Waals surface area contributed by atoms with E-state index in [1.807, 2.05) is 12.3 Å². The standard InChI is InChI=1S/C15H24N2O3S/c1-3-20-13(18)5-4-12-10-21-14(17-12)16-11-15(6-7-15)8-9-19-2/h10H,3-9,11H2,1-2H3,(H,16,17). The molecular formula is C15H24N2O3S. The van der Waals surface area contributed by atoms with E-state index in [4.69, 9.17) is 9.47 Å². The molecule has 0 unspecified atom stereocenters. The highest BCUT2D eigenvalue weighted by atomic mass is 32.1. The van der Waals surface area contributed by atoms with Crippen molar-refractivity contribution in [3.05, 3.63) is 11.1 Å². The Labute approximate surface area is 130 Å². The van der Waals surface area contributed by atoms with Crippen LogP contribution in [0.1, 0.15) is 38.3 Å². The molecule has 1 heterocycles. The predicted molar refractivity (Wildman–Crippen MR) is 83.7 cm³/mol. The Morgan fingerprint density at radius 2 is 2.33 bits per heavy atom. The molecule has 0 spiro atoms. The van der Waals surface area contributed by atoms with Crippen molar-refractivity contribution in [1.29, 1.82) is 0 Å². The van der Waals surface area contributed by atoms with Crippen LogP contribution < -0.4 is 5.32 Å². The number of anilines is 1. The number of nitrogens with one attached hydrogen (secondary N) is 1. The highest BCUT2D eigenvalue weighted by molar-refractivity contribution is 7.13. The van der Waals surface area contributed by atoms with Gasteiger partial charge in [-0.2, -0.15) is 0 Å². The van der Waals surface area contributed by atoms with E-state index in [0.717, 1.165) is 30.4 Å². The zero-order valence-electron chi connectivity index (χ0n) is 12.8. The van der Waals surface area contributed by atoms with E-state index >= 15 is 0 Å². The van der Waals surface area contributed by atoms with Crippen molar-refractivity contribution < 1.29 is 14.3 Å². The van der Waals surface area contributed by atoms with Crippen LogP contribution in [0.15, 0.2) is 5.38 Å². The molecule has 118 valence electrons. The summed E-state index contributed by atoms with van der Waals surface area (Å²) in [6.45, 7) is 4.04. The van der Waals surface area contributed by atoms with E-state index in [-0.39, 0.29) is 5.97 Å². The summed E-state index contributed by atoms with van der Waals surface area (Å²) in [5, 5.41) is 6.38. The first-order valence-corrected chi connectivity index (χ1v) is 8.38. The van der Waals surface area contributed by atoms with Crippen molar-refractivity contribution in [1.82, 2.24) is 4.98 Å². The average Bonchev–Trinajstić information content (AvgIpc) is 3.11. The number of carbonyl (C=O) groups excluding carboxylic acids is 1. The number of ether oxygens (including phenoxy) is 2. The largest absolute Gasteiger partial charge is 0.466 e. The van der Waals surface area contributed by atoms with E-state index < -0.39 is 0 Å². The van der Waals surface area contributed by atoms with E-state index in [0.29, 0.717) is 24.9 Å². The molecule has 1 aromatic rings. The number of hydrogen-bond acceptors (Lipinski definition) is 6. The van der Waals surface area contributed by atoms with Gasteiger partial charge in [0, 0.05) is 32.1 Å². The van der Waals surface area contributed by atoms with Crippen LogP contribution in [0.4, 0.5) is 5.13 Å². The lowest BCUT2D eigenvalue weighted by Gasteiger charge is -2.14. The van der Waals surface area contributed by atoms with Crippen LogP contribution in [-0.2, 0) is 20.7 Å². The Bertz CT molecular complexity index is 458. The SMILES string of the molecule is CCOC(=O)CCc1csc(NCC2(CCOC)CC2)n1. The van der Waals surface area contributed by atoms with Gasteiger partial charge in [0.25, 0.3) is 0 Å². The molecule has 1 fully saturated rings. The predicted octanol–water partition coefficient (Wildman–Crippen LogP) is 2.87. The van der Waals surface area contributed by atoms with Crippen LogP contribution in [-0.4, -0.2) is 37.8 Å². The number of esters is 1. The van der Waals surface area contributed by atoms with E-state index in [1.54, 1.807) is 18.4 Å². The average molecular weight is 312 g/mol. The zero-order valence-corrected chi connectivity index (χ0v) is 13.6. The number of nitrogens with zero attached hydrogens (tertiary/aromatic N) is 1. The van der Waals surface area contributed by atoms with Gasteiger partial charge in [-0.15, -0.1) is 11.3 Å². The number of thiazole rings is 1. The van der Waals surface area contributed by atoms with Crippen LogP contribution in [0.2, 0.25) is 0 Å². The fraction of sp³-hybridized carbons (Fsp3) is 0.733. The zero-order chi connectivity index (χ0) is 15.1. The molecule has 21 heavy (non-hydrogen) atoms. The lowest BCUT2D eigenvalue weighted by molar-refractivity contribution is -0.143. The normalized spacial score (nSPS) is 15.7. The van der Waals surface area contributed by atoms with Gasteiger partial charge in [0.15, 0.2) is 5.13 Å². The van der Waals surface area contributed by atoms with Gasteiger partial charge in [0.05, 0.1) is 18.7 Å². The van der Waals surface area contributed by atoms with Gasteiger partial charge < -0.3 is 14.8 Å². The first-order valence-electron chi connectivity index (χ1n) is 7.50. The Morgan fingerprint density at radius 1 is 1.52 bits per heavy atom. The second kappa shape index (κ2) is 7.75. The molecule has 0 bridgehead atoms. The Hall–Kier alpha value is -1.14. The third kappa shape index (κ3) is 5.28. The minimum absolute atomic E-state index is 0.156. The number of aromatic nitrogens is 1. The van der Waals surface area contributed by atoms with Crippen LogP contribution in [0, 0.1) is 5.41 Å². The van der Waals surface area contributed by atoms with Gasteiger partial charge in [-0.1, -0.05) is 0 Å². The van der Waals surface area contributed by atoms with Crippen molar-refractivity contribution in [2.45, 2.75) is 39.0 Å². The smallest absolute Gasteiger partial charge is 0.306 e. The third-order valence-corrected chi connectivity index (χ3v) is 4.70. The molecule has 1 aliphatic carbocycles. The van der Waals surface area contributed by atoms with E-state index in [9.17, 15) is 4.79 Å². The second-order valence-electron chi connectivity index (χ2n) is 5.55. The molecule has 0 aromatic carbocycles. The molecule has 0 saturated heterocycles. The summed E-state index contributed by atoms with van der Waals surface area (Å²) in [5.41, 5.74) is 1.37. The van der Waals surface area contributed by atoms with Gasteiger partial charge in [-0.25, -0.2) is 4.98 Å². The minimum Gasteiger partial charge on any atom is -0.466 e. The van der Waals surface area contributed by atoms with Crippen LogP contribution in [0.3, 0.4) is 0 Å². The van der Waals surface area contributed by atoms with Crippen LogP contribution >= 0.6 is 11.3 Å². The fourth-order valence-corrected chi connectivity index (χ4v) is 2.98. The first-order chi connectivity index (χ1) is 10.2. The minimum atomic E-state index is -0.156. The maximum Gasteiger partial charge on any atom is 0.306 e. The molecule has 6 heteroatoms. The Morgan fingerprint density at radius 3 is 3.00 bits per heavy atom. The lowest BCUT2D eigenvalue weighted by Crippen LogP contribution is -2.17. The number of aryl methyl sites for hydroxylation is 1. The number of rotatable bonds is 10. The van der Waals surface area contributed by atoms with Crippen LogP contribution in [0.5, 0.6) is 0 Å². The highest BCUT2D eigenvalue weighted by Crippen LogP contribution is 2.48. The number of carbonyl (C=O) groups is 1. The van der Waals surface area contributed by atoms with Crippen molar-refractivity contribution in [2.24, 2.45) is 5.41 Å². The molecule has 1 aliphatic rings. The summed E-state index contributed by atoms with van der Waals surface area (Å²) < 4.78 is 10.1. The summed E-state index contributed by atoms with van der Waals surface area (Å²) in [6, 6.07) is 0. The molecule has 0 radical (unpaired) electrons. The molecule has 0 aliphatic heterocycles. The third-order valence-electron chi connectivity index (χ3n) is 3.85. The molecular weight excluding hydrogens is 288 g/mol. The number of hydrogen-bond donors (Lipinski definition) is 1. The quantitative estimate of drug-likeness (QED) is 0.673. The van der Waals surface area contributed by atoms with Gasteiger partial charge >= 0.3 is 5.97 Å². The summed E-state index contributed by atoms with van der Waals surface area (Å²) in [5.74, 6) is -0.156. The monoisotopic (exact) mass is 312 g/mol. The second-order valence-corrected chi connectivity index (χ2v) is 6.40. The van der Waals surface area contributed by atoms with Gasteiger partial charge in [-0.3, -0.25) is 4.79 Å². The van der Waals surface area contributed by atoms with Gasteiger partial charge in [0.2, 0.25) is 0 Å². The van der Waals surface area contributed by atoms with Crippen molar-refractivity contribution in [2.75, 3.05) is 32.2 Å². The molecule has 1 saturated carbocycles. The highest BCUT2D eigenvalue weighted by Gasteiger charge is 2.41. The molecule has 0 amide bonds.